The Balaban J connectivity index is 1.45. The van der Waals surface area contributed by atoms with Gasteiger partial charge in [0.05, 0.1) is 0 Å². The third-order valence-electron chi connectivity index (χ3n) is 5.02. The zero-order valence-corrected chi connectivity index (χ0v) is 15.8. The fraction of sp³-hybridized carbons (Fsp3) is 0.333. The van der Waals surface area contributed by atoms with E-state index in [4.69, 9.17) is 0 Å². The number of carbonyl (C=O) groups is 1. The summed E-state index contributed by atoms with van der Waals surface area (Å²) in [5.74, 6) is 0.878. The number of fused-ring (bicyclic) bond motifs is 1. The Bertz CT molecular complexity index is 972. The van der Waals surface area contributed by atoms with Crippen molar-refractivity contribution in [2.45, 2.75) is 20.4 Å². The van der Waals surface area contributed by atoms with Crippen LogP contribution in [0.4, 0.5) is 5.82 Å². The number of nitrogens with zero attached hydrogens (tertiary/aromatic N) is 2. The zero-order valence-electron chi connectivity index (χ0n) is 15.8. The van der Waals surface area contributed by atoms with Crippen LogP contribution in [0.2, 0.25) is 0 Å². The van der Waals surface area contributed by atoms with Crippen molar-refractivity contribution in [3.8, 4) is 0 Å². The molecule has 1 aliphatic heterocycles. The fourth-order valence-corrected chi connectivity index (χ4v) is 3.65. The lowest BCUT2D eigenvalue weighted by atomic mass is 10.1. The van der Waals surface area contributed by atoms with Crippen LogP contribution in [0.15, 0.2) is 36.5 Å². The molecule has 0 saturated carbocycles. The molecule has 1 saturated heterocycles. The predicted molar refractivity (Wildman–Crippen MR) is 108 cm³/mol. The van der Waals surface area contributed by atoms with Gasteiger partial charge in [0.1, 0.15) is 11.5 Å². The molecule has 1 aromatic carbocycles. The largest absolute Gasteiger partial charge is 0.354 e. The number of hydrogen-bond donors (Lipinski definition) is 3. The Morgan fingerprint density at radius 3 is 2.81 bits per heavy atom. The Hall–Kier alpha value is -2.86. The molecule has 0 unspecified atom stereocenters. The average Bonchev–Trinajstić information content (AvgIpc) is 3.11. The van der Waals surface area contributed by atoms with Crippen LogP contribution >= 0.6 is 0 Å². The van der Waals surface area contributed by atoms with Gasteiger partial charge in [-0.25, -0.2) is 4.98 Å². The van der Waals surface area contributed by atoms with Gasteiger partial charge >= 0.3 is 0 Å². The molecule has 140 valence electrons. The van der Waals surface area contributed by atoms with Crippen LogP contribution < -0.4 is 15.5 Å². The summed E-state index contributed by atoms with van der Waals surface area (Å²) in [7, 11) is 0. The third-order valence-corrected chi connectivity index (χ3v) is 5.02. The van der Waals surface area contributed by atoms with E-state index < -0.39 is 0 Å². The highest BCUT2D eigenvalue weighted by molar-refractivity contribution is 5.98. The van der Waals surface area contributed by atoms with Crippen molar-refractivity contribution < 1.29 is 4.79 Å². The molecule has 0 aliphatic carbocycles. The number of aryl methyl sites for hydroxylation is 2. The Labute approximate surface area is 159 Å². The van der Waals surface area contributed by atoms with Crippen LogP contribution in [0.3, 0.4) is 0 Å². The molecule has 0 radical (unpaired) electrons. The number of hydrogen-bond acceptors (Lipinski definition) is 4. The number of pyridine rings is 1. The standard InChI is InChI=1S/C21H25N5O/c1-14-9-15(2)20-17(10-14)12-18(25-20)21(27)24-13-16-3-4-23-19(11-16)26-7-5-22-6-8-26/h3-4,9-12,22,25H,5-8,13H2,1-2H3,(H,24,27). The molecule has 6 heteroatoms. The van der Waals surface area contributed by atoms with E-state index in [1.807, 2.05) is 18.3 Å². The number of aromatic amines is 1. The molecule has 27 heavy (non-hydrogen) atoms. The maximum atomic E-state index is 12.6. The van der Waals surface area contributed by atoms with E-state index in [0.29, 0.717) is 12.2 Å². The summed E-state index contributed by atoms with van der Waals surface area (Å²) < 4.78 is 0. The molecule has 3 aromatic rings. The lowest BCUT2D eigenvalue weighted by Gasteiger charge is -2.28. The third kappa shape index (κ3) is 3.80. The predicted octanol–water partition coefficient (Wildman–Crippen LogP) is 2.52. The molecule has 3 heterocycles. The Morgan fingerprint density at radius 2 is 2.00 bits per heavy atom. The first-order chi connectivity index (χ1) is 13.1. The summed E-state index contributed by atoms with van der Waals surface area (Å²) in [4.78, 5) is 22.6. The average molecular weight is 363 g/mol. The van der Waals surface area contributed by atoms with Gasteiger partial charge in [0.15, 0.2) is 0 Å². The van der Waals surface area contributed by atoms with Crippen molar-refractivity contribution in [3.05, 3.63) is 58.9 Å². The Kier molecular flexibility index (Phi) is 4.81. The minimum Gasteiger partial charge on any atom is -0.354 e. The second-order valence-corrected chi connectivity index (χ2v) is 7.17. The van der Waals surface area contributed by atoms with E-state index in [9.17, 15) is 4.79 Å². The highest BCUT2D eigenvalue weighted by Crippen LogP contribution is 2.21. The molecular formula is C21H25N5O. The number of carbonyl (C=O) groups excluding carboxylic acids is 1. The summed E-state index contributed by atoms with van der Waals surface area (Å²) in [5.41, 5.74) is 5.02. The van der Waals surface area contributed by atoms with E-state index in [0.717, 1.165) is 54.0 Å². The minimum atomic E-state index is -0.0937. The SMILES string of the molecule is Cc1cc(C)c2[nH]c(C(=O)NCc3ccnc(N4CCNCC4)c3)cc2c1. The minimum absolute atomic E-state index is 0.0937. The van der Waals surface area contributed by atoms with Crippen LogP contribution in [0.1, 0.15) is 27.2 Å². The van der Waals surface area contributed by atoms with E-state index in [1.54, 1.807) is 0 Å². The second kappa shape index (κ2) is 7.40. The lowest BCUT2D eigenvalue weighted by Crippen LogP contribution is -2.43. The maximum Gasteiger partial charge on any atom is 0.267 e. The number of H-pyrrole nitrogens is 1. The molecule has 3 N–H and O–H groups in total. The second-order valence-electron chi connectivity index (χ2n) is 7.17. The molecule has 0 bridgehead atoms. The van der Waals surface area contributed by atoms with Crippen LogP contribution in [0, 0.1) is 13.8 Å². The highest BCUT2D eigenvalue weighted by Gasteiger charge is 2.13. The Morgan fingerprint density at radius 1 is 1.19 bits per heavy atom. The van der Waals surface area contributed by atoms with Crippen molar-refractivity contribution >= 4 is 22.6 Å². The summed E-state index contributed by atoms with van der Waals surface area (Å²) in [5, 5.41) is 7.43. The molecule has 0 atom stereocenters. The summed E-state index contributed by atoms with van der Waals surface area (Å²) in [6.07, 6.45) is 1.81. The molecule has 2 aromatic heterocycles. The molecule has 1 aliphatic rings. The van der Waals surface area contributed by atoms with E-state index in [-0.39, 0.29) is 5.91 Å². The van der Waals surface area contributed by atoms with Crippen LogP contribution in [0.25, 0.3) is 10.9 Å². The van der Waals surface area contributed by atoms with Crippen LogP contribution in [0.5, 0.6) is 0 Å². The van der Waals surface area contributed by atoms with Gasteiger partial charge < -0.3 is 20.5 Å². The highest BCUT2D eigenvalue weighted by atomic mass is 16.1. The molecular weight excluding hydrogens is 338 g/mol. The van der Waals surface area contributed by atoms with Gasteiger partial charge in [0, 0.05) is 49.8 Å². The van der Waals surface area contributed by atoms with Crippen molar-refractivity contribution in [3.63, 3.8) is 0 Å². The van der Waals surface area contributed by atoms with Crippen molar-refractivity contribution in [1.82, 2.24) is 20.6 Å². The molecule has 6 nitrogen and oxygen atoms in total. The number of nitrogens with one attached hydrogen (secondary N) is 3. The zero-order chi connectivity index (χ0) is 18.8. The molecule has 1 amide bonds. The van der Waals surface area contributed by atoms with Crippen LogP contribution in [-0.2, 0) is 6.54 Å². The van der Waals surface area contributed by atoms with Gasteiger partial charge in [-0.15, -0.1) is 0 Å². The van der Waals surface area contributed by atoms with Gasteiger partial charge in [-0.05, 0) is 49.2 Å². The summed E-state index contributed by atoms with van der Waals surface area (Å²) in [6, 6.07) is 10.1. The fourth-order valence-electron chi connectivity index (χ4n) is 3.65. The number of amides is 1. The van der Waals surface area contributed by atoms with E-state index in [2.05, 4.69) is 57.5 Å². The number of benzene rings is 1. The summed E-state index contributed by atoms with van der Waals surface area (Å²) in [6.45, 7) is 8.46. The number of rotatable bonds is 4. The van der Waals surface area contributed by atoms with Crippen molar-refractivity contribution in [2.24, 2.45) is 0 Å². The smallest absolute Gasteiger partial charge is 0.267 e. The van der Waals surface area contributed by atoms with Gasteiger partial charge in [-0.3, -0.25) is 4.79 Å². The first-order valence-corrected chi connectivity index (χ1v) is 9.39. The normalized spacial score (nSPS) is 14.5. The lowest BCUT2D eigenvalue weighted by molar-refractivity contribution is 0.0946. The van der Waals surface area contributed by atoms with Gasteiger partial charge in [-0.1, -0.05) is 11.6 Å². The van der Waals surface area contributed by atoms with Gasteiger partial charge in [-0.2, -0.15) is 0 Å². The maximum absolute atomic E-state index is 12.6. The van der Waals surface area contributed by atoms with Crippen LogP contribution in [-0.4, -0.2) is 42.1 Å². The van der Waals surface area contributed by atoms with Crippen molar-refractivity contribution in [1.29, 1.82) is 0 Å². The van der Waals surface area contributed by atoms with Gasteiger partial charge in [0.25, 0.3) is 5.91 Å². The summed E-state index contributed by atoms with van der Waals surface area (Å²) >= 11 is 0. The quantitative estimate of drug-likeness (QED) is 0.666. The molecule has 4 rings (SSSR count). The molecule has 0 spiro atoms. The first kappa shape index (κ1) is 17.5. The number of piperazine rings is 1. The number of aromatic nitrogens is 2. The van der Waals surface area contributed by atoms with Gasteiger partial charge in [0.2, 0.25) is 0 Å². The van der Waals surface area contributed by atoms with E-state index in [1.165, 1.54) is 5.56 Å². The van der Waals surface area contributed by atoms with E-state index >= 15 is 0 Å². The topological polar surface area (TPSA) is 73.0 Å². The monoisotopic (exact) mass is 363 g/mol. The molecule has 1 fully saturated rings. The number of anilines is 1. The first-order valence-electron chi connectivity index (χ1n) is 9.39. The van der Waals surface area contributed by atoms with Crippen molar-refractivity contribution in [2.75, 3.05) is 31.1 Å².